The highest BCUT2D eigenvalue weighted by Gasteiger charge is 2.15. The van der Waals surface area contributed by atoms with E-state index in [2.05, 4.69) is 10.5 Å². The van der Waals surface area contributed by atoms with Crippen LogP contribution in [0, 0.1) is 17.0 Å². The minimum Gasteiger partial charge on any atom is -0.455 e. The number of nitrogens with zero attached hydrogens (tertiary/aromatic N) is 2. The van der Waals surface area contributed by atoms with Gasteiger partial charge in [0.1, 0.15) is 17.1 Å². The number of nitro groups is 1. The second-order valence-electron chi connectivity index (χ2n) is 6.33. The van der Waals surface area contributed by atoms with Gasteiger partial charge in [0.2, 0.25) is 0 Å². The van der Waals surface area contributed by atoms with Gasteiger partial charge < -0.3 is 9.15 Å². The monoisotopic (exact) mass is 345 g/mol. The van der Waals surface area contributed by atoms with Crippen molar-refractivity contribution in [3.63, 3.8) is 0 Å². The van der Waals surface area contributed by atoms with E-state index in [0.717, 1.165) is 11.1 Å². The van der Waals surface area contributed by atoms with Crippen LogP contribution < -0.4 is 5.43 Å². The van der Waals surface area contributed by atoms with Crippen LogP contribution in [0.3, 0.4) is 0 Å². The molecule has 0 atom stereocenters. The third kappa shape index (κ3) is 5.17. The molecule has 0 aliphatic rings. The van der Waals surface area contributed by atoms with Gasteiger partial charge in [0, 0.05) is 17.7 Å². The maximum Gasteiger partial charge on any atom is 0.428 e. The lowest BCUT2D eigenvalue weighted by molar-refractivity contribution is -0.384. The van der Waals surface area contributed by atoms with E-state index >= 15 is 0 Å². The van der Waals surface area contributed by atoms with Crippen molar-refractivity contribution in [1.82, 2.24) is 5.43 Å². The van der Waals surface area contributed by atoms with E-state index in [4.69, 9.17) is 9.15 Å². The lowest BCUT2D eigenvalue weighted by Crippen LogP contribution is -2.29. The van der Waals surface area contributed by atoms with Crippen LogP contribution in [0.25, 0.3) is 11.3 Å². The molecular formula is C17H19N3O5. The number of rotatable bonds is 4. The van der Waals surface area contributed by atoms with E-state index in [1.54, 1.807) is 45.9 Å². The largest absolute Gasteiger partial charge is 0.455 e. The fourth-order valence-corrected chi connectivity index (χ4v) is 2.05. The number of hydrogen-bond donors (Lipinski definition) is 1. The van der Waals surface area contributed by atoms with Crippen molar-refractivity contribution in [2.24, 2.45) is 5.10 Å². The Kier molecular flexibility index (Phi) is 5.21. The summed E-state index contributed by atoms with van der Waals surface area (Å²) in [6.45, 7) is 7.02. The minimum atomic E-state index is -0.665. The summed E-state index contributed by atoms with van der Waals surface area (Å²) in [6.07, 6.45) is 0.676. The fraction of sp³-hybridized carbons (Fsp3) is 0.294. The van der Waals surface area contributed by atoms with Gasteiger partial charge in [0.05, 0.1) is 11.1 Å². The number of hydrazone groups is 1. The van der Waals surface area contributed by atoms with Crippen molar-refractivity contribution >= 4 is 18.0 Å². The zero-order chi connectivity index (χ0) is 18.6. The zero-order valence-electron chi connectivity index (χ0n) is 14.4. The molecule has 132 valence electrons. The number of benzene rings is 1. The molecule has 0 saturated heterocycles. The molecule has 1 amide bonds. The number of carbonyl (C=O) groups excluding carboxylic acids is 1. The van der Waals surface area contributed by atoms with E-state index in [1.165, 1.54) is 18.3 Å². The number of non-ortho nitro benzene ring substituents is 1. The molecule has 8 nitrogen and oxygen atoms in total. The van der Waals surface area contributed by atoms with E-state index in [1.807, 2.05) is 0 Å². The van der Waals surface area contributed by atoms with Gasteiger partial charge in [-0.3, -0.25) is 10.1 Å². The molecule has 0 aliphatic heterocycles. The highest BCUT2D eigenvalue weighted by atomic mass is 16.6. The number of ether oxygens (including phenoxy) is 1. The summed E-state index contributed by atoms with van der Waals surface area (Å²) >= 11 is 0. The first-order valence-electron chi connectivity index (χ1n) is 7.53. The Bertz CT molecular complexity index is 818. The van der Waals surface area contributed by atoms with Crippen LogP contribution in [0.1, 0.15) is 32.1 Å². The van der Waals surface area contributed by atoms with Crippen molar-refractivity contribution in [3.8, 4) is 11.3 Å². The number of nitro benzene ring substituents is 1. The topological polar surface area (TPSA) is 107 Å². The summed E-state index contributed by atoms with van der Waals surface area (Å²) in [5.74, 6) is 0.968. The Morgan fingerprint density at radius 1 is 1.32 bits per heavy atom. The lowest BCUT2D eigenvalue weighted by atomic mass is 10.1. The zero-order valence-corrected chi connectivity index (χ0v) is 14.4. The summed E-state index contributed by atoms with van der Waals surface area (Å²) in [5, 5.41) is 14.5. The summed E-state index contributed by atoms with van der Waals surface area (Å²) in [4.78, 5) is 21.8. The third-order valence-corrected chi connectivity index (χ3v) is 3.06. The molecule has 2 rings (SSSR count). The molecule has 1 aromatic carbocycles. The molecule has 0 aliphatic carbocycles. The van der Waals surface area contributed by atoms with Crippen LogP contribution in [0.4, 0.5) is 10.5 Å². The normalized spacial score (nSPS) is 11.5. The van der Waals surface area contributed by atoms with Crippen molar-refractivity contribution in [2.45, 2.75) is 33.3 Å². The summed E-state index contributed by atoms with van der Waals surface area (Å²) < 4.78 is 10.7. The molecule has 0 spiro atoms. The van der Waals surface area contributed by atoms with Gasteiger partial charge in [-0.05, 0) is 51.5 Å². The molecule has 8 heteroatoms. The number of aryl methyl sites for hydroxylation is 1. The van der Waals surface area contributed by atoms with Gasteiger partial charge >= 0.3 is 6.09 Å². The molecule has 2 aromatic rings. The molecule has 1 aromatic heterocycles. The van der Waals surface area contributed by atoms with Crippen molar-refractivity contribution < 1.29 is 18.9 Å². The van der Waals surface area contributed by atoms with Crippen LogP contribution >= 0.6 is 0 Å². The van der Waals surface area contributed by atoms with Gasteiger partial charge in [-0.25, -0.2) is 10.2 Å². The first kappa shape index (κ1) is 18.2. The molecule has 0 unspecified atom stereocenters. The van der Waals surface area contributed by atoms with Gasteiger partial charge in [-0.1, -0.05) is 0 Å². The molecule has 25 heavy (non-hydrogen) atoms. The highest BCUT2D eigenvalue weighted by Crippen LogP contribution is 2.28. The Balaban J connectivity index is 2.06. The van der Waals surface area contributed by atoms with Gasteiger partial charge in [-0.2, -0.15) is 5.10 Å². The predicted octanol–water partition coefficient (Wildman–Crippen LogP) is 4.02. The number of furan rings is 1. The summed E-state index contributed by atoms with van der Waals surface area (Å²) in [7, 11) is 0. The van der Waals surface area contributed by atoms with E-state index in [9.17, 15) is 14.9 Å². The Labute approximate surface area is 144 Å². The number of amides is 1. The number of nitrogens with one attached hydrogen (secondary N) is 1. The quantitative estimate of drug-likeness (QED) is 0.511. The second kappa shape index (κ2) is 7.16. The smallest absolute Gasteiger partial charge is 0.428 e. The van der Waals surface area contributed by atoms with Gasteiger partial charge in [0.15, 0.2) is 0 Å². The molecular weight excluding hydrogens is 326 g/mol. The van der Waals surface area contributed by atoms with Crippen molar-refractivity contribution in [2.75, 3.05) is 0 Å². The van der Waals surface area contributed by atoms with Crippen molar-refractivity contribution in [1.29, 1.82) is 0 Å². The standard InChI is InChI=1S/C17H19N3O5/c1-11-9-12(20(22)23)5-7-14(11)15-8-6-13(24-15)10-18-19-16(21)25-17(2,3)4/h5-10H,1-4H3,(H,19,21)/b18-10-. The van der Waals surface area contributed by atoms with Crippen LogP contribution in [-0.4, -0.2) is 22.8 Å². The summed E-state index contributed by atoms with van der Waals surface area (Å²) in [5.41, 5.74) is 3.12. The molecule has 0 bridgehead atoms. The van der Waals surface area contributed by atoms with E-state index in [-0.39, 0.29) is 5.69 Å². The first-order chi connectivity index (χ1) is 11.7. The van der Waals surface area contributed by atoms with E-state index < -0.39 is 16.6 Å². The van der Waals surface area contributed by atoms with E-state index in [0.29, 0.717) is 11.5 Å². The average molecular weight is 345 g/mol. The molecule has 1 N–H and O–H groups in total. The average Bonchev–Trinajstić information content (AvgIpc) is 2.93. The van der Waals surface area contributed by atoms with Gasteiger partial charge in [-0.15, -0.1) is 0 Å². The third-order valence-electron chi connectivity index (χ3n) is 3.06. The minimum absolute atomic E-state index is 0.0242. The predicted molar refractivity (Wildman–Crippen MR) is 92.5 cm³/mol. The Morgan fingerprint density at radius 3 is 2.64 bits per heavy atom. The maximum absolute atomic E-state index is 11.5. The second-order valence-corrected chi connectivity index (χ2v) is 6.33. The molecule has 0 radical (unpaired) electrons. The maximum atomic E-state index is 11.5. The number of hydrogen-bond acceptors (Lipinski definition) is 6. The Morgan fingerprint density at radius 2 is 2.04 bits per heavy atom. The molecule has 1 heterocycles. The number of carbonyl (C=O) groups is 1. The lowest BCUT2D eigenvalue weighted by Gasteiger charge is -2.18. The van der Waals surface area contributed by atoms with Crippen LogP contribution in [0.2, 0.25) is 0 Å². The van der Waals surface area contributed by atoms with Crippen LogP contribution in [-0.2, 0) is 4.74 Å². The molecule has 0 saturated carbocycles. The van der Waals surface area contributed by atoms with Crippen molar-refractivity contribution in [3.05, 3.63) is 51.8 Å². The van der Waals surface area contributed by atoms with Gasteiger partial charge in [0.25, 0.3) is 5.69 Å². The summed E-state index contributed by atoms with van der Waals surface area (Å²) in [6, 6.07) is 7.93. The van der Waals surface area contributed by atoms with Crippen LogP contribution in [0.15, 0.2) is 39.9 Å². The SMILES string of the molecule is Cc1cc([N+](=O)[O-])ccc1-c1ccc(/C=N\NC(=O)OC(C)(C)C)o1. The molecule has 0 fully saturated rings. The Hall–Kier alpha value is -3.16. The van der Waals surface area contributed by atoms with Crippen LogP contribution in [0.5, 0.6) is 0 Å². The fourth-order valence-electron chi connectivity index (χ4n) is 2.05. The first-order valence-corrected chi connectivity index (χ1v) is 7.53. The highest BCUT2D eigenvalue weighted by molar-refractivity contribution is 5.79.